The summed E-state index contributed by atoms with van der Waals surface area (Å²) < 4.78 is 6.28. The lowest BCUT2D eigenvalue weighted by Gasteiger charge is -2.13. The molecule has 30 heavy (non-hydrogen) atoms. The lowest BCUT2D eigenvalue weighted by atomic mass is 10.1. The van der Waals surface area contributed by atoms with Crippen LogP contribution in [0.25, 0.3) is 0 Å². The number of halogens is 1. The molecule has 0 spiro atoms. The summed E-state index contributed by atoms with van der Waals surface area (Å²) in [7, 11) is 1.59. The van der Waals surface area contributed by atoms with Crippen molar-refractivity contribution in [3.05, 3.63) is 80.6 Å². The molecule has 3 aromatic rings. The van der Waals surface area contributed by atoms with Gasteiger partial charge in [-0.15, -0.1) is 5.11 Å². The molecule has 0 fully saturated rings. The van der Waals surface area contributed by atoms with Crippen LogP contribution in [0, 0.1) is 18.3 Å². The third-order valence-electron chi connectivity index (χ3n) is 4.64. The summed E-state index contributed by atoms with van der Waals surface area (Å²) in [4.78, 5) is 13.0. The van der Waals surface area contributed by atoms with Crippen LogP contribution in [0.5, 0.6) is 11.6 Å². The van der Waals surface area contributed by atoms with Gasteiger partial charge in [-0.25, -0.2) is 0 Å². The first kappa shape index (κ1) is 21.1. The molecule has 0 aliphatic rings. The van der Waals surface area contributed by atoms with Crippen molar-refractivity contribution in [2.75, 3.05) is 7.11 Å². The number of azo groups is 1. The lowest BCUT2D eigenvalue weighted by Crippen LogP contribution is -2.22. The largest absolute Gasteiger partial charge is 0.497 e. The second kappa shape index (κ2) is 9.25. The second-order valence-electron chi connectivity index (χ2n) is 6.52. The summed E-state index contributed by atoms with van der Waals surface area (Å²) >= 11 is 5.86. The van der Waals surface area contributed by atoms with E-state index in [2.05, 4.69) is 10.2 Å². The summed E-state index contributed by atoms with van der Waals surface area (Å²) in [5.41, 5.74) is 1.22. The Hall–Kier alpha value is -3.63. The van der Waals surface area contributed by atoms with Gasteiger partial charge in [-0.05, 0) is 55.3 Å². The Morgan fingerprint density at radius 1 is 1.13 bits per heavy atom. The molecule has 1 aromatic heterocycles. The fourth-order valence-corrected chi connectivity index (χ4v) is 3.04. The second-order valence-corrected chi connectivity index (χ2v) is 6.95. The minimum atomic E-state index is -0.518. The maximum atomic E-state index is 13.0. The number of aromatic nitrogens is 1. The molecule has 0 amide bonds. The van der Waals surface area contributed by atoms with Crippen LogP contribution in [0.4, 0.5) is 11.4 Å². The summed E-state index contributed by atoms with van der Waals surface area (Å²) in [6.07, 6.45) is 0.471. The highest BCUT2D eigenvalue weighted by Crippen LogP contribution is 2.27. The summed E-state index contributed by atoms with van der Waals surface area (Å²) in [5, 5.41) is 28.6. The van der Waals surface area contributed by atoms with Gasteiger partial charge in [-0.3, -0.25) is 9.36 Å². The molecule has 2 aromatic carbocycles. The van der Waals surface area contributed by atoms with Gasteiger partial charge in [0.15, 0.2) is 5.69 Å². The number of nitriles is 1. The molecule has 0 saturated heterocycles. The first-order chi connectivity index (χ1) is 14.4. The zero-order chi connectivity index (χ0) is 21.7. The average Bonchev–Trinajstić information content (AvgIpc) is 2.75. The van der Waals surface area contributed by atoms with Crippen molar-refractivity contribution in [2.45, 2.75) is 19.9 Å². The number of methoxy groups -OCH3 is 1. The molecule has 1 heterocycles. The number of pyridine rings is 1. The summed E-state index contributed by atoms with van der Waals surface area (Å²) in [6, 6.07) is 16.0. The van der Waals surface area contributed by atoms with Crippen molar-refractivity contribution in [3.8, 4) is 17.7 Å². The third kappa shape index (κ3) is 4.50. The molecule has 7 nitrogen and oxygen atoms in total. The number of rotatable bonds is 6. The summed E-state index contributed by atoms with van der Waals surface area (Å²) in [5.74, 6) is 0.352. The summed E-state index contributed by atoms with van der Waals surface area (Å²) in [6.45, 7) is 1.74. The quantitative estimate of drug-likeness (QED) is 0.561. The van der Waals surface area contributed by atoms with Gasteiger partial charge in [0.2, 0.25) is 5.88 Å². The van der Waals surface area contributed by atoms with E-state index in [0.29, 0.717) is 17.1 Å². The Morgan fingerprint density at radius 2 is 1.80 bits per heavy atom. The minimum absolute atomic E-state index is 0.00520. The zero-order valence-corrected chi connectivity index (χ0v) is 17.2. The molecule has 0 saturated carbocycles. The molecule has 1 N–H and O–H groups in total. The zero-order valence-electron chi connectivity index (χ0n) is 16.5. The van der Waals surface area contributed by atoms with E-state index < -0.39 is 5.56 Å². The maximum absolute atomic E-state index is 13.0. The fraction of sp³-hybridized carbons (Fsp3) is 0.182. The van der Waals surface area contributed by atoms with Gasteiger partial charge in [0.05, 0.1) is 12.8 Å². The van der Waals surface area contributed by atoms with Crippen LogP contribution in [-0.2, 0) is 13.0 Å². The normalized spacial score (nSPS) is 10.9. The monoisotopic (exact) mass is 422 g/mol. The van der Waals surface area contributed by atoms with E-state index in [1.165, 1.54) is 0 Å². The Labute approximate surface area is 178 Å². The molecule has 0 aliphatic heterocycles. The first-order valence-corrected chi connectivity index (χ1v) is 9.49. The molecule has 0 aliphatic carbocycles. The molecular formula is C22H19ClN4O3. The first-order valence-electron chi connectivity index (χ1n) is 9.11. The topological polar surface area (TPSA) is 100.0 Å². The van der Waals surface area contributed by atoms with E-state index in [1.54, 1.807) is 38.3 Å². The Bertz CT molecular complexity index is 1180. The van der Waals surface area contributed by atoms with Crippen LogP contribution >= 0.6 is 11.6 Å². The van der Waals surface area contributed by atoms with Gasteiger partial charge in [0.25, 0.3) is 5.56 Å². The van der Waals surface area contributed by atoms with Gasteiger partial charge in [-0.2, -0.15) is 10.4 Å². The van der Waals surface area contributed by atoms with Gasteiger partial charge in [-0.1, -0.05) is 23.7 Å². The number of ether oxygens (including phenoxy) is 1. The van der Waals surface area contributed by atoms with Crippen LogP contribution in [0.15, 0.2) is 63.6 Å². The van der Waals surface area contributed by atoms with Crippen LogP contribution in [0.2, 0.25) is 5.02 Å². The smallest absolute Gasteiger partial charge is 0.281 e. The number of benzene rings is 2. The standard InChI is InChI=1S/C22H19ClN4O3/c1-14-19(13-24)21(28)27(12-11-15-3-9-18(30-2)10-4-15)22(29)20(14)26-25-17-7-5-16(23)6-8-17/h3-10,28H,11-12H2,1-2H3. The highest BCUT2D eigenvalue weighted by Gasteiger charge is 2.19. The molecule has 0 bridgehead atoms. The van der Waals surface area contributed by atoms with E-state index >= 15 is 0 Å². The number of hydrogen-bond acceptors (Lipinski definition) is 6. The highest BCUT2D eigenvalue weighted by molar-refractivity contribution is 6.30. The van der Waals surface area contributed by atoms with Crippen LogP contribution in [0.3, 0.4) is 0 Å². The molecule has 0 radical (unpaired) electrons. The van der Waals surface area contributed by atoms with E-state index in [1.807, 2.05) is 30.3 Å². The lowest BCUT2D eigenvalue weighted by molar-refractivity contribution is 0.403. The predicted molar refractivity (Wildman–Crippen MR) is 114 cm³/mol. The van der Waals surface area contributed by atoms with Gasteiger partial charge < -0.3 is 9.84 Å². The number of nitrogens with zero attached hydrogens (tertiary/aromatic N) is 4. The van der Waals surface area contributed by atoms with E-state index in [9.17, 15) is 15.2 Å². The van der Waals surface area contributed by atoms with Crippen molar-refractivity contribution < 1.29 is 9.84 Å². The number of aromatic hydroxyl groups is 1. The van der Waals surface area contributed by atoms with E-state index in [-0.39, 0.29) is 29.2 Å². The molecule has 8 heteroatoms. The van der Waals surface area contributed by atoms with E-state index in [0.717, 1.165) is 15.9 Å². The molecule has 3 rings (SSSR count). The average molecular weight is 423 g/mol. The number of aryl methyl sites for hydroxylation is 1. The Balaban J connectivity index is 1.96. The van der Waals surface area contributed by atoms with Crippen molar-refractivity contribution in [3.63, 3.8) is 0 Å². The highest BCUT2D eigenvalue weighted by atomic mass is 35.5. The van der Waals surface area contributed by atoms with Gasteiger partial charge >= 0.3 is 0 Å². The van der Waals surface area contributed by atoms with Crippen molar-refractivity contribution in [1.29, 1.82) is 5.26 Å². The molecular weight excluding hydrogens is 404 g/mol. The van der Waals surface area contributed by atoms with Gasteiger partial charge in [0, 0.05) is 17.1 Å². The van der Waals surface area contributed by atoms with E-state index in [4.69, 9.17) is 16.3 Å². The predicted octanol–water partition coefficient (Wildman–Crippen LogP) is 5.05. The van der Waals surface area contributed by atoms with Crippen molar-refractivity contribution in [2.24, 2.45) is 10.2 Å². The van der Waals surface area contributed by atoms with Gasteiger partial charge in [0.1, 0.15) is 17.4 Å². The Kier molecular flexibility index (Phi) is 6.50. The van der Waals surface area contributed by atoms with Crippen LogP contribution in [-0.4, -0.2) is 16.8 Å². The van der Waals surface area contributed by atoms with Crippen LogP contribution < -0.4 is 10.3 Å². The minimum Gasteiger partial charge on any atom is -0.497 e. The SMILES string of the molecule is COc1ccc(CCn2c(O)c(C#N)c(C)c(N=Nc3ccc(Cl)cc3)c2=O)cc1. The third-order valence-corrected chi connectivity index (χ3v) is 4.90. The van der Waals surface area contributed by atoms with Crippen molar-refractivity contribution >= 4 is 23.0 Å². The maximum Gasteiger partial charge on any atom is 0.281 e. The molecule has 0 unspecified atom stereocenters. The Morgan fingerprint density at radius 3 is 2.40 bits per heavy atom. The molecule has 152 valence electrons. The van der Waals surface area contributed by atoms with Crippen LogP contribution in [0.1, 0.15) is 16.7 Å². The van der Waals surface area contributed by atoms with Crippen molar-refractivity contribution in [1.82, 2.24) is 4.57 Å². The number of hydrogen-bond donors (Lipinski definition) is 1. The fourth-order valence-electron chi connectivity index (χ4n) is 2.91. The molecule has 0 atom stereocenters.